The zero-order valence-electron chi connectivity index (χ0n) is 16.2. The highest BCUT2D eigenvalue weighted by Gasteiger charge is 2.36. The average molecular weight is 378 g/mol. The van der Waals surface area contributed by atoms with Gasteiger partial charge in [0.2, 0.25) is 0 Å². The van der Waals surface area contributed by atoms with Gasteiger partial charge in [0.25, 0.3) is 0 Å². The molecule has 0 aromatic carbocycles. The van der Waals surface area contributed by atoms with Crippen LogP contribution in [0.1, 0.15) is 19.8 Å². The molecule has 1 aliphatic heterocycles. The van der Waals surface area contributed by atoms with Crippen LogP contribution >= 0.6 is 0 Å². The van der Waals surface area contributed by atoms with Gasteiger partial charge in [-0.05, 0) is 19.4 Å². The topological polar surface area (TPSA) is 72.5 Å². The third-order valence-electron chi connectivity index (χ3n) is 4.51. The highest BCUT2D eigenvalue weighted by atomic mass is 28.4. The number of amides is 1. The molecule has 0 bridgehead atoms. The predicted octanol–water partition coefficient (Wildman–Crippen LogP) is 1.01. The van der Waals surface area contributed by atoms with Crippen LogP contribution in [0.3, 0.4) is 0 Å². The molecule has 0 spiro atoms. The highest BCUT2D eigenvalue weighted by Crippen LogP contribution is 2.14. The summed E-state index contributed by atoms with van der Waals surface area (Å²) in [6.45, 7) is 9.40. The number of piperazine rings is 1. The lowest BCUT2D eigenvalue weighted by Gasteiger charge is -2.34. The van der Waals surface area contributed by atoms with E-state index in [1.807, 2.05) is 0 Å². The van der Waals surface area contributed by atoms with Crippen LogP contribution in [0.25, 0.3) is 0 Å². The first kappa shape index (κ1) is 22.3. The number of nitrogens with zero attached hydrogens (tertiary/aromatic N) is 2. The molecule has 25 heavy (non-hydrogen) atoms. The van der Waals surface area contributed by atoms with Crippen molar-refractivity contribution in [1.29, 1.82) is 0 Å². The van der Waals surface area contributed by atoms with E-state index in [0.29, 0.717) is 19.2 Å². The molecule has 0 radical (unpaired) electrons. The van der Waals surface area contributed by atoms with Crippen molar-refractivity contribution in [2.45, 2.75) is 25.8 Å². The van der Waals surface area contributed by atoms with E-state index in [-0.39, 0.29) is 6.09 Å². The number of hydrogen-bond donors (Lipinski definition) is 1. The molecule has 148 valence electrons. The summed E-state index contributed by atoms with van der Waals surface area (Å²) in [5.74, 6) is 0. The SMILES string of the molecule is CCCN1CCN(CCOC(=O)NCCC[Si](OC)(OC)OC)CC1. The summed E-state index contributed by atoms with van der Waals surface area (Å²) in [5, 5.41) is 2.76. The molecule has 0 saturated carbocycles. The van der Waals surface area contributed by atoms with E-state index in [2.05, 4.69) is 22.0 Å². The van der Waals surface area contributed by atoms with E-state index in [4.69, 9.17) is 18.0 Å². The predicted molar refractivity (Wildman–Crippen MR) is 98.7 cm³/mol. The molecule has 0 aromatic heterocycles. The van der Waals surface area contributed by atoms with Crippen molar-refractivity contribution in [3.8, 4) is 0 Å². The summed E-state index contributed by atoms with van der Waals surface area (Å²) in [6.07, 6.45) is 1.55. The first-order valence-corrected chi connectivity index (χ1v) is 11.0. The maximum Gasteiger partial charge on any atom is 0.500 e. The number of ether oxygens (including phenoxy) is 1. The minimum absolute atomic E-state index is 0.371. The van der Waals surface area contributed by atoms with Crippen molar-refractivity contribution in [3.63, 3.8) is 0 Å². The standard InChI is InChI=1S/C16H35N3O5Si/c1-5-8-18-9-11-19(12-10-18)13-14-24-16(20)17-7-6-15-25(21-2,22-3)23-4/h5-15H2,1-4H3,(H,17,20). The fraction of sp³-hybridized carbons (Fsp3) is 0.938. The van der Waals surface area contributed by atoms with Crippen LogP contribution in [0.5, 0.6) is 0 Å². The molecule has 1 amide bonds. The van der Waals surface area contributed by atoms with Gasteiger partial charge in [-0.25, -0.2) is 4.79 Å². The maximum atomic E-state index is 11.7. The minimum atomic E-state index is -2.55. The van der Waals surface area contributed by atoms with Gasteiger partial charge in [-0.3, -0.25) is 4.90 Å². The maximum absolute atomic E-state index is 11.7. The van der Waals surface area contributed by atoms with Gasteiger partial charge in [-0.2, -0.15) is 0 Å². The Hall–Kier alpha value is -0.713. The van der Waals surface area contributed by atoms with E-state index in [1.54, 1.807) is 21.3 Å². The lowest BCUT2D eigenvalue weighted by molar-refractivity contribution is 0.0952. The molecule has 0 unspecified atom stereocenters. The summed E-state index contributed by atoms with van der Waals surface area (Å²) < 4.78 is 21.3. The monoisotopic (exact) mass is 377 g/mol. The number of rotatable bonds is 12. The Balaban J connectivity index is 2.06. The van der Waals surface area contributed by atoms with Gasteiger partial charge in [0, 0.05) is 66.6 Å². The minimum Gasteiger partial charge on any atom is -0.448 e. The summed E-state index contributed by atoms with van der Waals surface area (Å²) in [6, 6.07) is 0.652. The quantitative estimate of drug-likeness (QED) is 0.402. The molecule has 0 aliphatic carbocycles. The van der Waals surface area contributed by atoms with Crippen LogP contribution in [0.2, 0.25) is 6.04 Å². The van der Waals surface area contributed by atoms with Crippen molar-refractivity contribution in [3.05, 3.63) is 0 Å². The van der Waals surface area contributed by atoms with Gasteiger partial charge in [0.05, 0.1) is 0 Å². The van der Waals surface area contributed by atoms with Crippen LogP contribution in [0, 0.1) is 0 Å². The molecule has 0 atom stereocenters. The van der Waals surface area contributed by atoms with Gasteiger partial charge in [-0.1, -0.05) is 6.92 Å². The molecule has 1 heterocycles. The second-order valence-electron chi connectivity index (χ2n) is 6.14. The van der Waals surface area contributed by atoms with E-state index in [9.17, 15) is 4.79 Å². The van der Waals surface area contributed by atoms with E-state index in [1.165, 1.54) is 13.0 Å². The number of alkyl carbamates (subject to hydrolysis) is 1. The van der Waals surface area contributed by atoms with Crippen molar-refractivity contribution in [1.82, 2.24) is 15.1 Å². The Bertz CT molecular complexity index is 355. The first-order chi connectivity index (χ1) is 12.1. The third-order valence-corrected chi connectivity index (χ3v) is 7.34. The normalized spacial score (nSPS) is 16.8. The van der Waals surface area contributed by atoms with Crippen LogP contribution in [-0.2, 0) is 18.0 Å². The van der Waals surface area contributed by atoms with Crippen LogP contribution < -0.4 is 5.32 Å². The van der Waals surface area contributed by atoms with Crippen LogP contribution in [0.4, 0.5) is 4.79 Å². The molecule has 8 nitrogen and oxygen atoms in total. The summed E-state index contributed by atoms with van der Waals surface area (Å²) in [5.41, 5.74) is 0. The molecule has 1 N–H and O–H groups in total. The van der Waals surface area contributed by atoms with E-state index in [0.717, 1.165) is 39.1 Å². The second-order valence-corrected chi connectivity index (χ2v) is 9.24. The Morgan fingerprint density at radius 1 is 1.00 bits per heavy atom. The Morgan fingerprint density at radius 3 is 2.08 bits per heavy atom. The number of nitrogens with one attached hydrogen (secondary N) is 1. The summed E-state index contributed by atoms with van der Waals surface area (Å²) in [4.78, 5) is 16.5. The highest BCUT2D eigenvalue weighted by molar-refractivity contribution is 6.60. The van der Waals surface area contributed by atoms with Crippen molar-refractivity contribution < 1.29 is 22.8 Å². The Morgan fingerprint density at radius 2 is 1.56 bits per heavy atom. The molecule has 0 aromatic rings. The molecule has 9 heteroatoms. The van der Waals surface area contributed by atoms with E-state index >= 15 is 0 Å². The lowest BCUT2D eigenvalue weighted by Crippen LogP contribution is -2.47. The van der Waals surface area contributed by atoms with Crippen LogP contribution in [0.15, 0.2) is 0 Å². The Kier molecular flexibility index (Phi) is 11.3. The van der Waals surface area contributed by atoms with Gasteiger partial charge < -0.3 is 28.2 Å². The van der Waals surface area contributed by atoms with Crippen LogP contribution in [-0.4, -0.2) is 98.4 Å². The Labute approximate surface area is 153 Å². The zero-order valence-corrected chi connectivity index (χ0v) is 17.2. The largest absolute Gasteiger partial charge is 0.500 e. The van der Waals surface area contributed by atoms with E-state index < -0.39 is 8.80 Å². The van der Waals surface area contributed by atoms with Crippen molar-refractivity contribution >= 4 is 14.9 Å². The van der Waals surface area contributed by atoms with Crippen molar-refractivity contribution in [2.75, 3.05) is 73.7 Å². The summed E-state index contributed by atoms with van der Waals surface area (Å²) in [7, 11) is 2.21. The number of carbonyl (C=O) groups is 1. The second kappa shape index (κ2) is 12.6. The van der Waals surface area contributed by atoms with Gasteiger partial charge in [-0.15, -0.1) is 0 Å². The molecule has 1 saturated heterocycles. The number of hydrogen-bond acceptors (Lipinski definition) is 7. The van der Waals surface area contributed by atoms with Gasteiger partial charge in [0.1, 0.15) is 6.61 Å². The average Bonchev–Trinajstić information content (AvgIpc) is 2.64. The fourth-order valence-electron chi connectivity index (χ4n) is 2.92. The van der Waals surface area contributed by atoms with Crippen molar-refractivity contribution in [2.24, 2.45) is 0 Å². The molecular formula is C16H35N3O5Si. The number of carbonyl (C=O) groups excluding carboxylic acids is 1. The lowest BCUT2D eigenvalue weighted by atomic mass is 10.3. The molecule has 1 fully saturated rings. The molecule has 1 aliphatic rings. The molecular weight excluding hydrogens is 342 g/mol. The fourth-order valence-corrected chi connectivity index (χ4v) is 4.64. The zero-order chi connectivity index (χ0) is 18.5. The smallest absolute Gasteiger partial charge is 0.448 e. The van der Waals surface area contributed by atoms with Gasteiger partial charge in [0.15, 0.2) is 0 Å². The first-order valence-electron chi connectivity index (χ1n) is 9.10. The molecule has 1 rings (SSSR count). The summed E-state index contributed by atoms with van der Waals surface area (Å²) >= 11 is 0. The van der Waals surface area contributed by atoms with Gasteiger partial charge >= 0.3 is 14.9 Å². The third kappa shape index (κ3) is 8.47.